The van der Waals surface area contributed by atoms with Gasteiger partial charge >= 0.3 is 0 Å². The van der Waals surface area contributed by atoms with Gasteiger partial charge in [-0.25, -0.2) is 9.97 Å². The Hall–Kier alpha value is -0.970. The Kier molecular flexibility index (Phi) is 4.68. The van der Waals surface area contributed by atoms with Crippen LogP contribution in [0.4, 0.5) is 0 Å². The van der Waals surface area contributed by atoms with Gasteiger partial charge in [0.25, 0.3) is 5.91 Å². The van der Waals surface area contributed by atoms with Crippen LogP contribution >= 0.6 is 15.9 Å². The summed E-state index contributed by atoms with van der Waals surface area (Å²) < 4.78 is 0.479. The summed E-state index contributed by atoms with van der Waals surface area (Å²) in [4.78, 5) is 19.5. The zero-order valence-electron chi connectivity index (χ0n) is 8.83. The van der Waals surface area contributed by atoms with Crippen LogP contribution in [0.15, 0.2) is 17.0 Å². The third-order valence-corrected chi connectivity index (χ3v) is 2.46. The number of carbonyl (C=O) groups excluding carboxylic acids is 1. The highest BCUT2D eigenvalue weighted by Gasteiger charge is 2.11. The van der Waals surface area contributed by atoms with Gasteiger partial charge in [0.2, 0.25) is 0 Å². The van der Waals surface area contributed by atoms with E-state index in [2.05, 4.69) is 45.1 Å². The lowest BCUT2D eigenvalue weighted by Crippen LogP contribution is -2.26. The molecule has 0 unspecified atom stereocenters. The number of nitrogens with one attached hydrogen (secondary N) is 1. The average molecular weight is 272 g/mol. The summed E-state index contributed by atoms with van der Waals surface area (Å²) >= 11 is 3.18. The molecule has 0 aliphatic rings. The number of carbonyl (C=O) groups is 1. The molecule has 1 rings (SSSR count). The Morgan fingerprint density at radius 2 is 2.13 bits per heavy atom. The molecule has 1 amide bonds. The molecule has 0 saturated carbocycles. The first-order chi connectivity index (χ1) is 7.11. The predicted molar refractivity (Wildman–Crippen MR) is 61.5 cm³/mol. The van der Waals surface area contributed by atoms with Crippen molar-refractivity contribution in [1.29, 1.82) is 0 Å². The number of aromatic nitrogens is 2. The van der Waals surface area contributed by atoms with E-state index in [1.165, 1.54) is 12.4 Å². The molecule has 1 aromatic heterocycles. The van der Waals surface area contributed by atoms with Crippen LogP contribution in [0.5, 0.6) is 0 Å². The fourth-order valence-corrected chi connectivity index (χ4v) is 1.43. The normalized spacial score (nSPS) is 10.4. The summed E-state index contributed by atoms with van der Waals surface area (Å²) in [5, 5.41) is 2.80. The summed E-state index contributed by atoms with van der Waals surface area (Å²) in [6.07, 6.45) is 4.00. The molecule has 1 N–H and O–H groups in total. The molecule has 0 aromatic carbocycles. The second kappa shape index (κ2) is 5.80. The van der Waals surface area contributed by atoms with Gasteiger partial charge in [-0.2, -0.15) is 0 Å². The van der Waals surface area contributed by atoms with Gasteiger partial charge in [0.15, 0.2) is 5.69 Å². The zero-order valence-corrected chi connectivity index (χ0v) is 10.4. The van der Waals surface area contributed by atoms with Crippen molar-refractivity contribution in [3.8, 4) is 0 Å². The maximum absolute atomic E-state index is 11.6. The van der Waals surface area contributed by atoms with Crippen LogP contribution in [0, 0.1) is 5.92 Å². The first kappa shape index (κ1) is 12.1. The molecule has 82 valence electrons. The van der Waals surface area contributed by atoms with Crippen LogP contribution in [0.1, 0.15) is 30.8 Å². The maximum Gasteiger partial charge on any atom is 0.272 e. The Balaban J connectivity index is 2.51. The average Bonchev–Trinajstić information content (AvgIpc) is 2.17. The quantitative estimate of drug-likeness (QED) is 0.912. The molecule has 5 heteroatoms. The predicted octanol–water partition coefficient (Wildman–Crippen LogP) is 2.01. The number of rotatable bonds is 4. The molecule has 0 fully saturated rings. The van der Waals surface area contributed by atoms with Crippen LogP contribution in [0.3, 0.4) is 0 Å². The SMILES string of the molecule is CC(C)CCNC(=O)c1nccnc1Br. The second-order valence-corrected chi connectivity index (χ2v) is 4.39. The molecular weight excluding hydrogens is 258 g/mol. The van der Waals surface area contributed by atoms with Crippen molar-refractivity contribution in [2.75, 3.05) is 6.54 Å². The van der Waals surface area contributed by atoms with Gasteiger partial charge in [0, 0.05) is 18.9 Å². The van der Waals surface area contributed by atoms with E-state index in [9.17, 15) is 4.79 Å². The molecule has 0 spiro atoms. The Morgan fingerprint density at radius 3 is 2.73 bits per heavy atom. The highest BCUT2D eigenvalue weighted by Crippen LogP contribution is 2.09. The number of halogens is 1. The Morgan fingerprint density at radius 1 is 1.47 bits per heavy atom. The highest BCUT2D eigenvalue weighted by atomic mass is 79.9. The molecule has 0 radical (unpaired) electrons. The largest absolute Gasteiger partial charge is 0.351 e. The van der Waals surface area contributed by atoms with Crippen LogP contribution in [0.2, 0.25) is 0 Å². The number of nitrogens with zero attached hydrogens (tertiary/aromatic N) is 2. The van der Waals surface area contributed by atoms with Crippen LogP contribution in [-0.4, -0.2) is 22.4 Å². The van der Waals surface area contributed by atoms with Crippen molar-refractivity contribution in [3.63, 3.8) is 0 Å². The summed E-state index contributed by atoms with van der Waals surface area (Å²) in [5.41, 5.74) is 0.334. The smallest absolute Gasteiger partial charge is 0.272 e. The van der Waals surface area contributed by atoms with Gasteiger partial charge in [0.05, 0.1) is 0 Å². The zero-order chi connectivity index (χ0) is 11.3. The van der Waals surface area contributed by atoms with Gasteiger partial charge in [-0.3, -0.25) is 4.79 Å². The van der Waals surface area contributed by atoms with E-state index in [0.717, 1.165) is 6.42 Å². The van der Waals surface area contributed by atoms with Crippen molar-refractivity contribution in [1.82, 2.24) is 15.3 Å². The van der Waals surface area contributed by atoms with E-state index in [-0.39, 0.29) is 5.91 Å². The van der Waals surface area contributed by atoms with E-state index in [4.69, 9.17) is 0 Å². The molecule has 0 atom stereocenters. The van der Waals surface area contributed by atoms with E-state index < -0.39 is 0 Å². The van der Waals surface area contributed by atoms with E-state index in [1.807, 2.05) is 0 Å². The standard InChI is InChI=1S/C10H14BrN3O/c1-7(2)3-4-14-10(15)8-9(11)13-6-5-12-8/h5-7H,3-4H2,1-2H3,(H,14,15). The van der Waals surface area contributed by atoms with Crippen molar-refractivity contribution in [3.05, 3.63) is 22.7 Å². The molecule has 1 aromatic rings. The molecule has 15 heavy (non-hydrogen) atoms. The van der Waals surface area contributed by atoms with Crippen LogP contribution in [0.25, 0.3) is 0 Å². The van der Waals surface area contributed by atoms with Gasteiger partial charge in [-0.15, -0.1) is 0 Å². The topological polar surface area (TPSA) is 54.9 Å². The fourth-order valence-electron chi connectivity index (χ4n) is 1.03. The summed E-state index contributed by atoms with van der Waals surface area (Å²) in [6, 6.07) is 0. The Labute approximate surface area is 97.6 Å². The third kappa shape index (κ3) is 3.95. The lowest BCUT2D eigenvalue weighted by atomic mass is 10.1. The number of amides is 1. The monoisotopic (exact) mass is 271 g/mol. The highest BCUT2D eigenvalue weighted by molar-refractivity contribution is 9.10. The van der Waals surface area contributed by atoms with Crippen molar-refractivity contribution < 1.29 is 4.79 Å². The van der Waals surface area contributed by atoms with Crippen LogP contribution < -0.4 is 5.32 Å². The molecule has 0 aliphatic carbocycles. The molecule has 0 saturated heterocycles. The lowest BCUT2D eigenvalue weighted by Gasteiger charge is -2.06. The Bertz CT molecular complexity index is 341. The number of hydrogen-bond donors (Lipinski definition) is 1. The van der Waals surface area contributed by atoms with Crippen molar-refractivity contribution in [2.24, 2.45) is 5.92 Å². The van der Waals surface area contributed by atoms with E-state index in [0.29, 0.717) is 22.8 Å². The molecule has 0 aliphatic heterocycles. The van der Waals surface area contributed by atoms with E-state index in [1.54, 1.807) is 0 Å². The summed E-state index contributed by atoms with van der Waals surface area (Å²) in [7, 11) is 0. The first-order valence-corrected chi connectivity index (χ1v) is 5.65. The maximum atomic E-state index is 11.6. The van der Waals surface area contributed by atoms with Crippen LogP contribution in [-0.2, 0) is 0 Å². The van der Waals surface area contributed by atoms with Crippen molar-refractivity contribution in [2.45, 2.75) is 20.3 Å². The molecule has 4 nitrogen and oxygen atoms in total. The van der Waals surface area contributed by atoms with E-state index >= 15 is 0 Å². The minimum absolute atomic E-state index is 0.185. The molecule has 1 heterocycles. The van der Waals surface area contributed by atoms with Gasteiger partial charge < -0.3 is 5.32 Å². The molecule has 0 bridgehead atoms. The van der Waals surface area contributed by atoms with Gasteiger partial charge in [-0.1, -0.05) is 13.8 Å². The fraction of sp³-hybridized carbons (Fsp3) is 0.500. The summed E-state index contributed by atoms with van der Waals surface area (Å²) in [6.45, 7) is 4.90. The van der Waals surface area contributed by atoms with Crippen molar-refractivity contribution >= 4 is 21.8 Å². The minimum Gasteiger partial charge on any atom is -0.351 e. The first-order valence-electron chi connectivity index (χ1n) is 4.86. The van der Waals surface area contributed by atoms with Gasteiger partial charge in [-0.05, 0) is 28.3 Å². The third-order valence-electron chi connectivity index (χ3n) is 1.88. The lowest BCUT2D eigenvalue weighted by molar-refractivity contribution is 0.0945. The summed E-state index contributed by atoms with van der Waals surface area (Å²) in [5.74, 6) is 0.395. The number of hydrogen-bond acceptors (Lipinski definition) is 3. The second-order valence-electron chi connectivity index (χ2n) is 3.63. The molecular formula is C10H14BrN3O. The van der Waals surface area contributed by atoms with Gasteiger partial charge in [0.1, 0.15) is 4.60 Å². The minimum atomic E-state index is -0.185.